The summed E-state index contributed by atoms with van der Waals surface area (Å²) >= 11 is 0. The second kappa shape index (κ2) is 5.49. The van der Waals surface area contributed by atoms with Gasteiger partial charge in [0.1, 0.15) is 10.5 Å². The normalized spacial score (nSPS) is 27.9. The molecule has 2 fully saturated rings. The van der Waals surface area contributed by atoms with Crippen LogP contribution in [-0.2, 0) is 4.79 Å². The highest BCUT2D eigenvalue weighted by atomic mass is 16.6. The lowest BCUT2D eigenvalue weighted by atomic mass is 9.77. The lowest BCUT2D eigenvalue weighted by Crippen LogP contribution is -2.49. The Morgan fingerprint density at radius 2 is 2.13 bits per heavy atom. The minimum atomic E-state index is -0.865. The first-order chi connectivity index (χ1) is 10.9. The Labute approximate surface area is 131 Å². The number of carbonyl (C=O) groups excluding carboxylic acids is 2. The third-order valence-corrected chi connectivity index (χ3v) is 4.36. The molecule has 23 heavy (non-hydrogen) atoms. The molecule has 0 bridgehead atoms. The van der Waals surface area contributed by atoms with Crippen LogP contribution in [0.3, 0.4) is 0 Å². The Morgan fingerprint density at radius 3 is 2.74 bits per heavy atom. The summed E-state index contributed by atoms with van der Waals surface area (Å²) in [6, 6.07) is 1.94. The molecule has 1 aromatic rings. The summed E-state index contributed by atoms with van der Waals surface area (Å²) < 4.78 is 4.91. The van der Waals surface area contributed by atoms with Gasteiger partial charge in [-0.3, -0.25) is 14.9 Å². The molecule has 122 valence electrons. The number of carbonyl (C=O) groups is 2. The summed E-state index contributed by atoms with van der Waals surface area (Å²) in [5, 5.41) is 17.9. The predicted octanol–water partition coefficient (Wildman–Crippen LogP) is 2.02. The molecule has 1 aliphatic carbocycles. The molecule has 2 heterocycles. The number of hydrogen-bond acceptors (Lipinski definition) is 6. The van der Waals surface area contributed by atoms with Crippen molar-refractivity contribution in [2.75, 3.05) is 0 Å². The topological polar surface area (TPSA) is 118 Å². The highest BCUT2D eigenvalue weighted by molar-refractivity contribution is 6.07. The van der Waals surface area contributed by atoms with E-state index in [1.165, 1.54) is 12.1 Å². The molecule has 3 amide bonds. The van der Waals surface area contributed by atoms with Crippen molar-refractivity contribution in [2.45, 2.75) is 38.1 Å². The average Bonchev–Trinajstić information content (AvgIpc) is 3.06. The minimum Gasteiger partial charge on any atom is -0.400 e. The molecular formula is C14H16N4O5. The number of rotatable bonds is 3. The van der Waals surface area contributed by atoms with Crippen LogP contribution in [0, 0.1) is 16.0 Å². The summed E-state index contributed by atoms with van der Waals surface area (Å²) in [6.45, 7) is 2.12. The second-order valence-electron chi connectivity index (χ2n) is 5.99. The zero-order valence-electron chi connectivity index (χ0n) is 12.5. The Kier molecular flexibility index (Phi) is 3.63. The highest BCUT2D eigenvalue weighted by Gasteiger charge is 2.52. The van der Waals surface area contributed by atoms with Crippen molar-refractivity contribution in [2.24, 2.45) is 11.0 Å². The highest BCUT2D eigenvalue weighted by Crippen LogP contribution is 2.36. The van der Waals surface area contributed by atoms with E-state index in [-0.39, 0.29) is 11.7 Å². The van der Waals surface area contributed by atoms with Crippen molar-refractivity contribution >= 4 is 24.0 Å². The average molecular weight is 320 g/mol. The quantitative estimate of drug-likeness (QED) is 0.395. The first kappa shape index (κ1) is 15.2. The SMILES string of the molecule is CC1CCC2(CC1)NC(=O)N(/N=C\c1ccc([N+](=O)[O-])o1)C2=O. The first-order valence-electron chi connectivity index (χ1n) is 7.36. The maximum absolute atomic E-state index is 12.5. The number of hydrogen-bond donors (Lipinski definition) is 1. The molecule has 0 aromatic carbocycles. The molecule has 3 rings (SSSR count). The minimum absolute atomic E-state index is 0.0931. The van der Waals surface area contributed by atoms with E-state index in [2.05, 4.69) is 17.3 Å². The van der Waals surface area contributed by atoms with Crippen LogP contribution < -0.4 is 5.32 Å². The van der Waals surface area contributed by atoms with Gasteiger partial charge < -0.3 is 9.73 Å². The molecule has 9 heteroatoms. The molecule has 1 aromatic heterocycles. The van der Waals surface area contributed by atoms with Gasteiger partial charge in [-0.15, -0.1) is 5.01 Å². The monoisotopic (exact) mass is 320 g/mol. The molecule has 9 nitrogen and oxygen atoms in total. The van der Waals surface area contributed by atoms with Crippen molar-refractivity contribution < 1.29 is 18.9 Å². The van der Waals surface area contributed by atoms with E-state index < -0.39 is 22.4 Å². The third-order valence-electron chi connectivity index (χ3n) is 4.36. The van der Waals surface area contributed by atoms with E-state index in [4.69, 9.17) is 4.42 Å². The number of nitrogens with one attached hydrogen (secondary N) is 1. The number of urea groups is 1. The fourth-order valence-electron chi connectivity index (χ4n) is 2.93. The number of furan rings is 1. The van der Waals surface area contributed by atoms with Crippen molar-refractivity contribution in [3.05, 3.63) is 28.0 Å². The first-order valence-corrected chi connectivity index (χ1v) is 7.36. The van der Waals surface area contributed by atoms with E-state index >= 15 is 0 Å². The van der Waals surface area contributed by atoms with Crippen LogP contribution in [0.1, 0.15) is 38.4 Å². The van der Waals surface area contributed by atoms with E-state index in [1.54, 1.807) is 0 Å². The molecule has 1 spiro atoms. The van der Waals surface area contributed by atoms with Crippen molar-refractivity contribution in [3.63, 3.8) is 0 Å². The standard InChI is InChI=1S/C14H16N4O5/c1-9-4-6-14(7-5-9)12(19)17(13(20)16-14)15-8-10-2-3-11(23-10)18(21)22/h2-3,8-9H,4-7H2,1H3,(H,16,20)/b15-8-. The van der Waals surface area contributed by atoms with E-state index in [9.17, 15) is 19.7 Å². The molecule has 1 saturated carbocycles. The number of hydrazone groups is 1. The van der Waals surface area contributed by atoms with Gasteiger partial charge in [-0.25, -0.2) is 4.79 Å². The summed E-state index contributed by atoms with van der Waals surface area (Å²) in [5.74, 6) is -0.185. The lowest BCUT2D eigenvalue weighted by Gasteiger charge is -2.33. The lowest BCUT2D eigenvalue weighted by molar-refractivity contribution is -0.402. The van der Waals surface area contributed by atoms with Gasteiger partial charge in [0.25, 0.3) is 5.91 Å². The van der Waals surface area contributed by atoms with Gasteiger partial charge in [0.2, 0.25) is 0 Å². The summed E-state index contributed by atoms with van der Waals surface area (Å²) in [5.41, 5.74) is -0.865. The number of amides is 3. The van der Waals surface area contributed by atoms with Crippen LogP contribution in [0.4, 0.5) is 10.7 Å². The van der Waals surface area contributed by atoms with Crippen LogP contribution in [0.2, 0.25) is 0 Å². The van der Waals surface area contributed by atoms with Crippen molar-refractivity contribution in [3.8, 4) is 0 Å². The Bertz CT molecular complexity index is 687. The van der Waals surface area contributed by atoms with Crippen LogP contribution >= 0.6 is 0 Å². The number of nitro groups is 1. The van der Waals surface area contributed by atoms with Gasteiger partial charge in [-0.05, 0) is 37.7 Å². The Morgan fingerprint density at radius 1 is 1.43 bits per heavy atom. The smallest absolute Gasteiger partial charge is 0.400 e. The van der Waals surface area contributed by atoms with E-state index in [0.29, 0.717) is 18.8 Å². The van der Waals surface area contributed by atoms with Gasteiger partial charge >= 0.3 is 11.9 Å². The van der Waals surface area contributed by atoms with Crippen LogP contribution in [0.25, 0.3) is 0 Å². The van der Waals surface area contributed by atoms with E-state index in [0.717, 1.165) is 24.1 Å². The van der Waals surface area contributed by atoms with Crippen LogP contribution in [-0.4, -0.2) is 33.6 Å². The molecule has 1 N–H and O–H groups in total. The zero-order chi connectivity index (χ0) is 16.6. The molecule has 0 unspecified atom stereocenters. The molecule has 1 aliphatic heterocycles. The summed E-state index contributed by atoms with van der Waals surface area (Å²) in [4.78, 5) is 34.4. The van der Waals surface area contributed by atoms with Crippen LogP contribution in [0.15, 0.2) is 21.7 Å². The van der Waals surface area contributed by atoms with Gasteiger partial charge in [0, 0.05) is 0 Å². The summed E-state index contributed by atoms with van der Waals surface area (Å²) in [6.07, 6.45) is 4.05. The largest absolute Gasteiger partial charge is 0.433 e. The van der Waals surface area contributed by atoms with Crippen molar-refractivity contribution in [1.29, 1.82) is 0 Å². The fourth-order valence-corrected chi connectivity index (χ4v) is 2.93. The van der Waals surface area contributed by atoms with Gasteiger partial charge in [0.05, 0.1) is 12.3 Å². The maximum atomic E-state index is 12.5. The van der Waals surface area contributed by atoms with Gasteiger partial charge in [0.15, 0.2) is 5.76 Å². The van der Waals surface area contributed by atoms with Crippen LogP contribution in [0.5, 0.6) is 0 Å². The van der Waals surface area contributed by atoms with E-state index in [1.807, 2.05) is 0 Å². The number of imide groups is 1. The van der Waals surface area contributed by atoms with Gasteiger partial charge in [-0.1, -0.05) is 6.92 Å². The van der Waals surface area contributed by atoms with Gasteiger partial charge in [-0.2, -0.15) is 5.10 Å². The maximum Gasteiger partial charge on any atom is 0.433 e. The molecule has 0 atom stereocenters. The number of nitrogens with zero attached hydrogens (tertiary/aromatic N) is 3. The van der Waals surface area contributed by atoms with Crippen molar-refractivity contribution in [1.82, 2.24) is 10.3 Å². The molecular weight excluding hydrogens is 304 g/mol. The predicted molar refractivity (Wildman–Crippen MR) is 78.7 cm³/mol. The Balaban J connectivity index is 1.75. The molecule has 1 saturated heterocycles. The Hall–Kier alpha value is -2.71. The second-order valence-corrected chi connectivity index (χ2v) is 5.99. The molecule has 0 radical (unpaired) electrons. The molecule has 2 aliphatic rings. The fraction of sp³-hybridized carbons (Fsp3) is 0.500. The zero-order valence-corrected chi connectivity index (χ0v) is 12.5. The third kappa shape index (κ3) is 2.69. The summed E-state index contributed by atoms with van der Waals surface area (Å²) in [7, 11) is 0.